The molecule has 0 aliphatic heterocycles. The number of rotatable bonds is 7. The van der Waals surface area contributed by atoms with E-state index in [9.17, 15) is 18.8 Å². The van der Waals surface area contributed by atoms with Gasteiger partial charge in [0.2, 0.25) is 0 Å². The van der Waals surface area contributed by atoms with Crippen LogP contribution in [0.5, 0.6) is 0 Å². The van der Waals surface area contributed by atoms with E-state index in [-0.39, 0.29) is 40.6 Å². The van der Waals surface area contributed by atoms with Gasteiger partial charge in [0, 0.05) is 24.2 Å². The SMILES string of the molecule is CCCCn1c(=O)[nH]c(=O)c2c1nc(COC(=O)Cc1c(F)cccc1Cl)n2C. The quantitative estimate of drug-likeness (QED) is 0.589. The predicted molar refractivity (Wildman–Crippen MR) is 105 cm³/mol. The Morgan fingerprint density at radius 1 is 1.34 bits per heavy atom. The van der Waals surface area contributed by atoms with Crippen LogP contribution in [-0.2, 0) is 36.2 Å². The number of ether oxygens (including phenoxy) is 1. The van der Waals surface area contributed by atoms with Gasteiger partial charge in [-0.3, -0.25) is 19.1 Å². The molecule has 0 radical (unpaired) electrons. The normalized spacial score (nSPS) is 11.2. The van der Waals surface area contributed by atoms with Crippen molar-refractivity contribution in [1.82, 2.24) is 19.1 Å². The van der Waals surface area contributed by atoms with Gasteiger partial charge in [-0.15, -0.1) is 0 Å². The summed E-state index contributed by atoms with van der Waals surface area (Å²) in [5.74, 6) is -1.00. The molecule has 2 heterocycles. The van der Waals surface area contributed by atoms with E-state index in [1.165, 1.54) is 27.3 Å². The third kappa shape index (κ3) is 4.24. The van der Waals surface area contributed by atoms with Gasteiger partial charge in [0.15, 0.2) is 11.2 Å². The average molecular weight is 423 g/mol. The third-order valence-corrected chi connectivity index (χ3v) is 4.94. The van der Waals surface area contributed by atoms with Gasteiger partial charge < -0.3 is 9.30 Å². The number of aryl methyl sites for hydroxylation is 2. The highest BCUT2D eigenvalue weighted by atomic mass is 35.5. The first kappa shape index (κ1) is 20.8. The van der Waals surface area contributed by atoms with Gasteiger partial charge in [-0.1, -0.05) is 31.0 Å². The Kier molecular flexibility index (Phi) is 6.17. The van der Waals surface area contributed by atoms with E-state index in [0.717, 1.165) is 12.8 Å². The summed E-state index contributed by atoms with van der Waals surface area (Å²) in [7, 11) is 1.59. The Labute approximate surface area is 169 Å². The number of imidazole rings is 1. The third-order valence-electron chi connectivity index (χ3n) is 4.59. The molecule has 0 spiro atoms. The van der Waals surface area contributed by atoms with Gasteiger partial charge in [0.25, 0.3) is 5.56 Å². The lowest BCUT2D eigenvalue weighted by molar-refractivity contribution is -0.144. The number of benzene rings is 1. The lowest BCUT2D eigenvalue weighted by Crippen LogP contribution is -2.31. The van der Waals surface area contributed by atoms with Gasteiger partial charge in [-0.05, 0) is 18.6 Å². The topological polar surface area (TPSA) is 99.0 Å². The van der Waals surface area contributed by atoms with Crippen LogP contribution in [0.1, 0.15) is 31.2 Å². The van der Waals surface area contributed by atoms with Crippen LogP contribution in [0.3, 0.4) is 0 Å². The molecule has 0 fully saturated rings. The summed E-state index contributed by atoms with van der Waals surface area (Å²) in [6.45, 7) is 2.15. The van der Waals surface area contributed by atoms with Crippen LogP contribution in [0.15, 0.2) is 27.8 Å². The highest BCUT2D eigenvalue weighted by Crippen LogP contribution is 2.20. The van der Waals surface area contributed by atoms with Crippen molar-refractivity contribution in [2.75, 3.05) is 0 Å². The number of halogens is 2. The van der Waals surface area contributed by atoms with Crippen LogP contribution in [0.2, 0.25) is 5.02 Å². The largest absolute Gasteiger partial charge is 0.457 e. The van der Waals surface area contributed by atoms with Crippen LogP contribution in [0, 0.1) is 5.82 Å². The molecule has 0 atom stereocenters. The second-order valence-corrected chi connectivity index (χ2v) is 6.97. The number of hydrogen-bond donors (Lipinski definition) is 1. The minimum atomic E-state index is -0.693. The molecule has 0 aliphatic rings. The zero-order valence-electron chi connectivity index (χ0n) is 16.0. The maximum Gasteiger partial charge on any atom is 0.330 e. The molecule has 154 valence electrons. The van der Waals surface area contributed by atoms with Crippen LogP contribution >= 0.6 is 11.6 Å². The summed E-state index contributed by atoms with van der Waals surface area (Å²) >= 11 is 5.93. The summed E-state index contributed by atoms with van der Waals surface area (Å²) in [5.41, 5.74) is -0.605. The number of fused-ring (bicyclic) bond motifs is 1. The van der Waals surface area contributed by atoms with Crippen molar-refractivity contribution in [3.63, 3.8) is 0 Å². The fraction of sp³-hybridized carbons (Fsp3) is 0.368. The Morgan fingerprint density at radius 3 is 2.79 bits per heavy atom. The van der Waals surface area contributed by atoms with Crippen LogP contribution < -0.4 is 11.2 Å². The van der Waals surface area contributed by atoms with E-state index in [1.807, 2.05) is 6.92 Å². The van der Waals surface area contributed by atoms with Crippen molar-refractivity contribution < 1.29 is 13.9 Å². The van der Waals surface area contributed by atoms with Crippen molar-refractivity contribution in [2.45, 2.75) is 39.3 Å². The monoisotopic (exact) mass is 422 g/mol. The molecule has 29 heavy (non-hydrogen) atoms. The maximum atomic E-state index is 13.8. The molecule has 0 aliphatic carbocycles. The van der Waals surface area contributed by atoms with Gasteiger partial charge in [0.05, 0.1) is 6.42 Å². The van der Waals surface area contributed by atoms with Gasteiger partial charge >= 0.3 is 11.7 Å². The maximum absolute atomic E-state index is 13.8. The summed E-state index contributed by atoms with van der Waals surface area (Å²) in [4.78, 5) is 43.1. The van der Waals surface area contributed by atoms with Gasteiger partial charge in [-0.25, -0.2) is 14.2 Å². The second-order valence-electron chi connectivity index (χ2n) is 6.56. The van der Waals surface area contributed by atoms with Crippen molar-refractivity contribution in [1.29, 1.82) is 0 Å². The molecule has 3 aromatic rings. The Bertz CT molecular complexity index is 1160. The number of carbonyl (C=O) groups excluding carboxylic acids is 1. The molecule has 2 aromatic heterocycles. The smallest absolute Gasteiger partial charge is 0.330 e. The van der Waals surface area contributed by atoms with E-state index < -0.39 is 23.0 Å². The lowest BCUT2D eigenvalue weighted by atomic mass is 10.1. The number of nitrogens with one attached hydrogen (secondary N) is 1. The highest BCUT2D eigenvalue weighted by Gasteiger charge is 2.18. The van der Waals surface area contributed by atoms with E-state index in [4.69, 9.17) is 16.3 Å². The zero-order chi connectivity index (χ0) is 21.1. The molecular weight excluding hydrogens is 403 g/mol. The molecule has 0 bridgehead atoms. The number of aromatic nitrogens is 4. The second kappa shape index (κ2) is 8.60. The van der Waals surface area contributed by atoms with Gasteiger partial charge in [-0.2, -0.15) is 0 Å². The summed E-state index contributed by atoms with van der Waals surface area (Å²) in [6, 6.07) is 4.14. The fourth-order valence-electron chi connectivity index (χ4n) is 2.99. The summed E-state index contributed by atoms with van der Waals surface area (Å²) in [6.07, 6.45) is 1.27. The Balaban J connectivity index is 1.84. The van der Waals surface area contributed by atoms with Crippen LogP contribution in [-0.4, -0.2) is 25.1 Å². The molecule has 0 saturated heterocycles. The first-order valence-corrected chi connectivity index (χ1v) is 9.48. The molecule has 3 rings (SSSR count). The van der Waals surface area contributed by atoms with Crippen LogP contribution in [0.25, 0.3) is 11.2 Å². The molecule has 0 amide bonds. The summed E-state index contributed by atoms with van der Waals surface area (Å²) in [5, 5.41) is 0.135. The van der Waals surface area contributed by atoms with Crippen molar-refractivity contribution in [3.05, 3.63) is 61.3 Å². The number of carbonyl (C=O) groups is 1. The van der Waals surface area contributed by atoms with E-state index in [0.29, 0.717) is 6.54 Å². The van der Waals surface area contributed by atoms with Crippen LogP contribution in [0.4, 0.5) is 4.39 Å². The van der Waals surface area contributed by atoms with E-state index in [2.05, 4.69) is 9.97 Å². The molecule has 8 nitrogen and oxygen atoms in total. The molecule has 0 unspecified atom stereocenters. The number of esters is 1. The molecule has 0 saturated carbocycles. The molecule has 1 N–H and O–H groups in total. The van der Waals surface area contributed by atoms with Crippen molar-refractivity contribution in [3.8, 4) is 0 Å². The molecule has 10 heteroatoms. The number of H-pyrrole nitrogens is 1. The van der Waals surface area contributed by atoms with Crippen molar-refractivity contribution in [2.24, 2.45) is 7.05 Å². The first-order valence-electron chi connectivity index (χ1n) is 9.10. The Hall–Kier alpha value is -2.94. The lowest BCUT2D eigenvalue weighted by Gasteiger charge is -2.07. The zero-order valence-corrected chi connectivity index (χ0v) is 16.8. The number of aromatic amines is 1. The molecular formula is C19H20ClFN4O4. The number of nitrogens with zero attached hydrogens (tertiary/aromatic N) is 3. The molecule has 1 aromatic carbocycles. The van der Waals surface area contributed by atoms with Crippen molar-refractivity contribution >= 4 is 28.7 Å². The fourth-order valence-corrected chi connectivity index (χ4v) is 3.22. The average Bonchev–Trinajstić information content (AvgIpc) is 3.00. The summed E-state index contributed by atoms with van der Waals surface area (Å²) < 4.78 is 21.9. The van der Waals surface area contributed by atoms with E-state index in [1.54, 1.807) is 7.05 Å². The minimum absolute atomic E-state index is 0.0500. The first-order chi connectivity index (χ1) is 13.8. The highest BCUT2D eigenvalue weighted by molar-refractivity contribution is 6.31. The predicted octanol–water partition coefficient (Wildman–Crippen LogP) is 2.30. The van der Waals surface area contributed by atoms with E-state index >= 15 is 0 Å². The van der Waals surface area contributed by atoms with Gasteiger partial charge in [0.1, 0.15) is 18.2 Å². The standard InChI is InChI=1S/C19H20ClFN4O4/c1-3-4-8-25-17-16(18(27)23-19(25)28)24(2)14(22-17)10-29-15(26)9-11-12(20)6-5-7-13(11)21/h5-7H,3-4,8-10H2,1-2H3,(H,23,27,28). The minimum Gasteiger partial charge on any atom is -0.457 e. The number of hydrogen-bond acceptors (Lipinski definition) is 5. The number of unbranched alkanes of at least 4 members (excludes halogenated alkanes) is 1. The Morgan fingerprint density at radius 2 is 2.10 bits per heavy atom.